The van der Waals surface area contributed by atoms with Crippen LogP contribution in [0.2, 0.25) is 0 Å². The second kappa shape index (κ2) is 4.58. The summed E-state index contributed by atoms with van der Waals surface area (Å²) < 4.78 is 0. The van der Waals surface area contributed by atoms with Crippen molar-refractivity contribution in [2.45, 2.75) is 52.5 Å². The van der Waals surface area contributed by atoms with Gasteiger partial charge in [-0.05, 0) is 37.2 Å². The maximum atomic E-state index is 6.17. The molecule has 0 saturated heterocycles. The predicted molar refractivity (Wildman–Crippen MR) is 71.5 cm³/mol. The SMILES string of the molecule is CC(C)(N)CC(c1ccccc1)C(C)(C)C. The van der Waals surface area contributed by atoms with Gasteiger partial charge in [-0.1, -0.05) is 51.1 Å². The van der Waals surface area contributed by atoms with Crippen LogP contribution in [0.3, 0.4) is 0 Å². The lowest BCUT2D eigenvalue weighted by Gasteiger charge is -2.36. The third-order valence-electron chi connectivity index (χ3n) is 2.98. The molecule has 0 heterocycles. The summed E-state index contributed by atoms with van der Waals surface area (Å²) in [5.74, 6) is 0.508. The third-order valence-corrected chi connectivity index (χ3v) is 2.98. The van der Waals surface area contributed by atoms with E-state index in [1.807, 2.05) is 0 Å². The topological polar surface area (TPSA) is 26.0 Å². The molecule has 0 amide bonds. The Kier molecular flexibility index (Phi) is 3.80. The zero-order valence-corrected chi connectivity index (χ0v) is 11.2. The Labute approximate surface area is 100 Å². The molecule has 0 bridgehead atoms. The summed E-state index contributed by atoms with van der Waals surface area (Å²) in [6.45, 7) is 11.1. The molecule has 1 heteroatoms. The van der Waals surface area contributed by atoms with Crippen molar-refractivity contribution in [1.82, 2.24) is 0 Å². The molecule has 1 unspecified atom stereocenters. The van der Waals surface area contributed by atoms with E-state index >= 15 is 0 Å². The summed E-state index contributed by atoms with van der Waals surface area (Å²) in [7, 11) is 0. The monoisotopic (exact) mass is 219 g/mol. The van der Waals surface area contributed by atoms with Crippen LogP contribution >= 0.6 is 0 Å². The average molecular weight is 219 g/mol. The van der Waals surface area contributed by atoms with E-state index in [-0.39, 0.29) is 11.0 Å². The van der Waals surface area contributed by atoms with Crippen molar-refractivity contribution >= 4 is 0 Å². The molecule has 1 atom stereocenters. The molecule has 0 aromatic heterocycles. The van der Waals surface area contributed by atoms with Gasteiger partial charge in [0, 0.05) is 5.54 Å². The predicted octanol–water partition coefficient (Wildman–Crippen LogP) is 3.94. The average Bonchev–Trinajstić information content (AvgIpc) is 2.13. The number of nitrogens with two attached hydrogens (primary N) is 1. The molecule has 0 fully saturated rings. The van der Waals surface area contributed by atoms with Crippen LogP contribution in [-0.4, -0.2) is 5.54 Å². The van der Waals surface area contributed by atoms with Crippen molar-refractivity contribution in [1.29, 1.82) is 0 Å². The molecule has 0 aliphatic rings. The highest BCUT2D eigenvalue weighted by atomic mass is 14.7. The maximum Gasteiger partial charge on any atom is 0.0103 e. The molecule has 1 rings (SSSR count). The lowest BCUT2D eigenvalue weighted by atomic mass is 9.71. The Hall–Kier alpha value is -0.820. The molecular formula is C15H25N. The van der Waals surface area contributed by atoms with E-state index in [0.717, 1.165) is 6.42 Å². The maximum absolute atomic E-state index is 6.17. The summed E-state index contributed by atoms with van der Waals surface area (Å²) in [4.78, 5) is 0. The molecule has 1 aromatic carbocycles. The van der Waals surface area contributed by atoms with Gasteiger partial charge in [-0.3, -0.25) is 0 Å². The number of rotatable bonds is 3. The highest BCUT2D eigenvalue weighted by molar-refractivity contribution is 5.22. The first-order chi connectivity index (χ1) is 7.20. The van der Waals surface area contributed by atoms with Gasteiger partial charge in [-0.15, -0.1) is 0 Å². The van der Waals surface area contributed by atoms with E-state index in [9.17, 15) is 0 Å². The molecule has 1 nitrogen and oxygen atoms in total. The molecule has 1 aromatic rings. The zero-order valence-electron chi connectivity index (χ0n) is 11.2. The van der Waals surface area contributed by atoms with E-state index in [1.165, 1.54) is 5.56 Å². The minimum atomic E-state index is -0.117. The van der Waals surface area contributed by atoms with Crippen LogP contribution in [0.1, 0.15) is 52.5 Å². The van der Waals surface area contributed by atoms with Crippen molar-refractivity contribution < 1.29 is 0 Å². The van der Waals surface area contributed by atoms with Crippen LogP contribution in [0, 0.1) is 5.41 Å². The van der Waals surface area contributed by atoms with Crippen molar-refractivity contribution in [2.24, 2.45) is 11.1 Å². The largest absolute Gasteiger partial charge is 0.326 e. The first-order valence-corrected chi connectivity index (χ1v) is 6.04. The summed E-state index contributed by atoms with van der Waals surface area (Å²) in [5.41, 5.74) is 7.70. The number of hydrogen-bond acceptors (Lipinski definition) is 1. The molecule has 16 heavy (non-hydrogen) atoms. The number of hydrogen-bond donors (Lipinski definition) is 1. The van der Waals surface area contributed by atoms with Gasteiger partial charge in [0.25, 0.3) is 0 Å². The summed E-state index contributed by atoms with van der Waals surface area (Å²) in [5, 5.41) is 0. The van der Waals surface area contributed by atoms with Gasteiger partial charge in [0.1, 0.15) is 0 Å². The van der Waals surface area contributed by atoms with E-state index < -0.39 is 0 Å². The molecular weight excluding hydrogens is 194 g/mol. The lowest BCUT2D eigenvalue weighted by Crippen LogP contribution is -2.37. The smallest absolute Gasteiger partial charge is 0.0103 e. The van der Waals surface area contributed by atoms with Gasteiger partial charge in [-0.25, -0.2) is 0 Å². The van der Waals surface area contributed by atoms with Gasteiger partial charge in [0.05, 0.1) is 0 Å². The van der Waals surface area contributed by atoms with Gasteiger partial charge in [0.2, 0.25) is 0 Å². The fourth-order valence-electron chi connectivity index (χ4n) is 2.14. The van der Waals surface area contributed by atoms with Crippen LogP contribution in [0.25, 0.3) is 0 Å². The van der Waals surface area contributed by atoms with Crippen LogP contribution in [0.5, 0.6) is 0 Å². The Morgan fingerprint density at radius 1 is 1.00 bits per heavy atom. The van der Waals surface area contributed by atoms with E-state index in [2.05, 4.69) is 65.0 Å². The minimum absolute atomic E-state index is 0.117. The van der Waals surface area contributed by atoms with E-state index in [0.29, 0.717) is 5.92 Å². The van der Waals surface area contributed by atoms with Crippen molar-refractivity contribution in [3.63, 3.8) is 0 Å². The van der Waals surface area contributed by atoms with E-state index in [4.69, 9.17) is 5.73 Å². The lowest BCUT2D eigenvalue weighted by molar-refractivity contribution is 0.263. The standard InChI is InChI=1S/C15H25N/c1-14(2,3)13(11-15(4,5)16)12-9-7-6-8-10-12/h6-10,13H,11,16H2,1-5H3. The Balaban J connectivity index is 2.98. The van der Waals surface area contributed by atoms with Crippen LogP contribution in [0.15, 0.2) is 30.3 Å². The molecule has 0 aliphatic heterocycles. The molecule has 0 saturated carbocycles. The first kappa shape index (κ1) is 13.2. The van der Waals surface area contributed by atoms with Crippen molar-refractivity contribution in [3.8, 4) is 0 Å². The fourth-order valence-corrected chi connectivity index (χ4v) is 2.14. The summed E-state index contributed by atoms with van der Waals surface area (Å²) >= 11 is 0. The quantitative estimate of drug-likeness (QED) is 0.818. The Morgan fingerprint density at radius 2 is 1.50 bits per heavy atom. The molecule has 0 aliphatic carbocycles. The van der Waals surface area contributed by atoms with Gasteiger partial charge >= 0.3 is 0 Å². The first-order valence-electron chi connectivity index (χ1n) is 6.04. The fraction of sp³-hybridized carbons (Fsp3) is 0.600. The second-order valence-corrected chi connectivity index (χ2v) is 6.52. The molecule has 90 valence electrons. The Bertz CT molecular complexity index is 314. The van der Waals surface area contributed by atoms with E-state index in [1.54, 1.807) is 0 Å². The number of benzene rings is 1. The molecule has 2 N–H and O–H groups in total. The van der Waals surface area contributed by atoms with Crippen LogP contribution < -0.4 is 5.73 Å². The normalized spacial score (nSPS) is 14.9. The summed E-state index contributed by atoms with van der Waals surface area (Å²) in [6.07, 6.45) is 1.01. The highest BCUT2D eigenvalue weighted by Crippen LogP contribution is 2.39. The third kappa shape index (κ3) is 3.97. The minimum Gasteiger partial charge on any atom is -0.326 e. The van der Waals surface area contributed by atoms with Gasteiger partial charge < -0.3 is 5.73 Å². The Morgan fingerprint density at radius 3 is 1.88 bits per heavy atom. The molecule has 0 spiro atoms. The van der Waals surface area contributed by atoms with Crippen LogP contribution in [0.4, 0.5) is 0 Å². The second-order valence-electron chi connectivity index (χ2n) is 6.52. The van der Waals surface area contributed by atoms with Crippen molar-refractivity contribution in [3.05, 3.63) is 35.9 Å². The van der Waals surface area contributed by atoms with Crippen LogP contribution in [-0.2, 0) is 0 Å². The molecule has 0 radical (unpaired) electrons. The van der Waals surface area contributed by atoms with Gasteiger partial charge in [-0.2, -0.15) is 0 Å². The zero-order chi connectivity index (χ0) is 12.4. The highest BCUT2D eigenvalue weighted by Gasteiger charge is 2.30. The van der Waals surface area contributed by atoms with Crippen molar-refractivity contribution in [2.75, 3.05) is 0 Å². The van der Waals surface area contributed by atoms with Gasteiger partial charge in [0.15, 0.2) is 0 Å². The summed E-state index contributed by atoms with van der Waals surface area (Å²) in [6, 6.07) is 10.7.